The van der Waals surface area contributed by atoms with Gasteiger partial charge in [-0.15, -0.1) is 0 Å². The SMILES string of the molecule is CC(C)(O)O[C@H]1CC2C[C@H](N)CC[C@]2(C)C2CC[C@]3(C)C(=O)CCC3C21. The van der Waals surface area contributed by atoms with E-state index in [1.807, 2.05) is 0 Å². The first-order chi connectivity index (χ1) is 12.0. The second-order valence-corrected chi connectivity index (χ2v) is 10.8. The topological polar surface area (TPSA) is 72.6 Å². The molecule has 0 aromatic rings. The number of hydrogen-bond donors (Lipinski definition) is 2. The number of nitrogens with two attached hydrogens (primary N) is 1. The lowest BCUT2D eigenvalue weighted by Gasteiger charge is -2.62. The van der Waals surface area contributed by atoms with Crippen LogP contribution in [0, 0.1) is 34.5 Å². The number of aliphatic hydroxyl groups is 1. The quantitative estimate of drug-likeness (QED) is 0.735. The van der Waals surface area contributed by atoms with Crippen LogP contribution in [0.3, 0.4) is 0 Å². The Labute approximate surface area is 158 Å². The highest BCUT2D eigenvalue weighted by Crippen LogP contribution is 2.66. The molecule has 0 radical (unpaired) electrons. The third-order valence-corrected chi connectivity index (χ3v) is 8.85. The first-order valence-electron chi connectivity index (χ1n) is 10.7. The van der Waals surface area contributed by atoms with Crippen LogP contribution in [0.4, 0.5) is 0 Å². The van der Waals surface area contributed by atoms with Gasteiger partial charge in [-0.3, -0.25) is 4.79 Å². The van der Waals surface area contributed by atoms with Gasteiger partial charge in [-0.25, -0.2) is 0 Å². The molecule has 4 aliphatic rings. The Balaban J connectivity index is 1.72. The van der Waals surface area contributed by atoms with Crippen molar-refractivity contribution in [2.45, 2.75) is 97.0 Å². The molecule has 4 aliphatic carbocycles. The molecule has 0 aliphatic heterocycles. The molecule has 4 fully saturated rings. The van der Waals surface area contributed by atoms with Crippen LogP contribution < -0.4 is 5.73 Å². The summed E-state index contributed by atoms with van der Waals surface area (Å²) in [6, 6.07) is 0.300. The van der Waals surface area contributed by atoms with Gasteiger partial charge in [0.25, 0.3) is 0 Å². The smallest absolute Gasteiger partial charge is 0.160 e. The van der Waals surface area contributed by atoms with E-state index in [0.29, 0.717) is 40.9 Å². The Morgan fingerprint density at radius 2 is 1.85 bits per heavy atom. The number of fused-ring (bicyclic) bond motifs is 5. The van der Waals surface area contributed by atoms with Gasteiger partial charge in [0.05, 0.1) is 6.10 Å². The lowest BCUT2D eigenvalue weighted by atomic mass is 9.44. The Morgan fingerprint density at radius 3 is 2.54 bits per heavy atom. The summed E-state index contributed by atoms with van der Waals surface area (Å²) in [5.74, 6) is 1.29. The highest BCUT2D eigenvalue weighted by Gasteiger charge is 2.63. The lowest BCUT2D eigenvalue weighted by Crippen LogP contribution is -2.60. The fourth-order valence-corrected chi connectivity index (χ4v) is 7.50. The van der Waals surface area contributed by atoms with E-state index < -0.39 is 5.79 Å². The molecule has 4 rings (SSSR count). The van der Waals surface area contributed by atoms with Crippen molar-refractivity contribution < 1.29 is 14.6 Å². The summed E-state index contributed by atoms with van der Waals surface area (Å²) >= 11 is 0. The van der Waals surface area contributed by atoms with Gasteiger partial charge >= 0.3 is 0 Å². The van der Waals surface area contributed by atoms with E-state index >= 15 is 0 Å². The zero-order valence-electron chi connectivity index (χ0n) is 17.0. The molecule has 148 valence electrons. The van der Waals surface area contributed by atoms with E-state index in [1.165, 1.54) is 6.42 Å². The first-order valence-corrected chi connectivity index (χ1v) is 10.7. The summed E-state index contributed by atoms with van der Waals surface area (Å²) in [6.45, 7) is 8.17. The van der Waals surface area contributed by atoms with Gasteiger partial charge in [0.2, 0.25) is 0 Å². The molecule has 0 heterocycles. The first kappa shape index (κ1) is 18.9. The highest BCUT2D eigenvalue weighted by molar-refractivity contribution is 5.87. The van der Waals surface area contributed by atoms with Crippen LogP contribution >= 0.6 is 0 Å². The van der Waals surface area contributed by atoms with Gasteiger partial charge in [0.1, 0.15) is 5.78 Å². The van der Waals surface area contributed by atoms with Gasteiger partial charge in [-0.05, 0) is 87.9 Å². The van der Waals surface area contributed by atoms with E-state index in [4.69, 9.17) is 10.5 Å². The third kappa shape index (κ3) is 2.79. The van der Waals surface area contributed by atoms with Crippen LogP contribution in [0.2, 0.25) is 0 Å². The number of rotatable bonds is 2. The molecule has 4 heteroatoms. The van der Waals surface area contributed by atoms with E-state index in [1.54, 1.807) is 13.8 Å². The van der Waals surface area contributed by atoms with Gasteiger partial charge in [0, 0.05) is 17.9 Å². The Kier molecular flexibility index (Phi) is 4.38. The van der Waals surface area contributed by atoms with E-state index in [9.17, 15) is 9.90 Å². The fourth-order valence-electron chi connectivity index (χ4n) is 7.50. The predicted molar refractivity (Wildman–Crippen MR) is 101 cm³/mol. The maximum Gasteiger partial charge on any atom is 0.160 e. The molecule has 4 saturated carbocycles. The molecular weight excluding hydrogens is 326 g/mol. The van der Waals surface area contributed by atoms with Crippen molar-refractivity contribution in [3.05, 3.63) is 0 Å². The van der Waals surface area contributed by atoms with Crippen molar-refractivity contribution in [3.63, 3.8) is 0 Å². The van der Waals surface area contributed by atoms with Crippen LogP contribution in [0.1, 0.15) is 79.1 Å². The molecular formula is C22H37NO3. The molecule has 0 saturated heterocycles. The lowest BCUT2D eigenvalue weighted by molar-refractivity contribution is -0.262. The standard InChI is InChI=1S/C22H37NO3/c1-20(2,25)26-17-12-13-11-14(23)7-9-21(13,3)16-8-10-22(4)15(19(16)17)5-6-18(22)24/h13-17,19,25H,5-12,23H2,1-4H3/t13?,14-,15?,16?,17+,19?,21+,22+/m1/s1. The maximum atomic E-state index is 12.7. The van der Waals surface area contributed by atoms with Crippen LogP contribution in [0.15, 0.2) is 0 Å². The zero-order valence-corrected chi connectivity index (χ0v) is 17.0. The van der Waals surface area contributed by atoms with Crippen LogP contribution in [-0.4, -0.2) is 28.8 Å². The normalized spacial score (nSPS) is 51.5. The minimum Gasteiger partial charge on any atom is -0.366 e. The summed E-state index contributed by atoms with van der Waals surface area (Å²) in [5.41, 5.74) is 6.47. The average Bonchev–Trinajstić information content (AvgIpc) is 2.83. The number of Topliss-reactive ketones (excluding diaryl/α,β-unsaturated/α-hetero) is 1. The molecule has 0 aromatic heterocycles. The third-order valence-electron chi connectivity index (χ3n) is 8.85. The van der Waals surface area contributed by atoms with Crippen molar-refractivity contribution in [1.82, 2.24) is 0 Å². The predicted octanol–water partition coefficient (Wildman–Crippen LogP) is 3.65. The van der Waals surface area contributed by atoms with Crippen molar-refractivity contribution in [1.29, 1.82) is 0 Å². The Bertz CT molecular complexity index is 584. The van der Waals surface area contributed by atoms with Gasteiger partial charge in [-0.2, -0.15) is 0 Å². The second-order valence-electron chi connectivity index (χ2n) is 10.8. The van der Waals surface area contributed by atoms with Crippen molar-refractivity contribution >= 4 is 5.78 Å². The molecule has 4 unspecified atom stereocenters. The molecule has 0 amide bonds. The Morgan fingerprint density at radius 1 is 1.12 bits per heavy atom. The summed E-state index contributed by atoms with van der Waals surface area (Å²) in [7, 11) is 0. The average molecular weight is 364 g/mol. The van der Waals surface area contributed by atoms with Crippen LogP contribution in [-0.2, 0) is 9.53 Å². The van der Waals surface area contributed by atoms with Crippen molar-refractivity contribution in [2.75, 3.05) is 0 Å². The number of ketones is 1. The fraction of sp³-hybridized carbons (Fsp3) is 0.955. The van der Waals surface area contributed by atoms with E-state index in [2.05, 4.69) is 13.8 Å². The van der Waals surface area contributed by atoms with Crippen molar-refractivity contribution in [2.24, 2.45) is 40.2 Å². The van der Waals surface area contributed by atoms with E-state index in [-0.39, 0.29) is 11.5 Å². The molecule has 0 aromatic carbocycles. The molecule has 0 bridgehead atoms. The van der Waals surface area contributed by atoms with Gasteiger partial charge in [0.15, 0.2) is 5.79 Å². The van der Waals surface area contributed by atoms with Gasteiger partial charge in [-0.1, -0.05) is 13.8 Å². The molecule has 26 heavy (non-hydrogen) atoms. The van der Waals surface area contributed by atoms with Crippen molar-refractivity contribution in [3.8, 4) is 0 Å². The number of carbonyl (C=O) groups excluding carboxylic acids is 1. The summed E-state index contributed by atoms with van der Waals surface area (Å²) < 4.78 is 6.27. The number of hydrogen-bond acceptors (Lipinski definition) is 4. The van der Waals surface area contributed by atoms with Crippen LogP contribution in [0.25, 0.3) is 0 Å². The summed E-state index contributed by atoms with van der Waals surface area (Å²) in [4.78, 5) is 12.7. The summed E-state index contributed by atoms with van der Waals surface area (Å²) in [6.07, 6.45) is 8.30. The monoisotopic (exact) mass is 363 g/mol. The number of carbonyl (C=O) groups is 1. The zero-order chi connectivity index (χ0) is 18.9. The maximum absolute atomic E-state index is 12.7. The van der Waals surface area contributed by atoms with E-state index in [0.717, 1.165) is 44.9 Å². The molecule has 3 N–H and O–H groups in total. The largest absolute Gasteiger partial charge is 0.366 e. The van der Waals surface area contributed by atoms with Crippen LogP contribution in [0.5, 0.6) is 0 Å². The molecule has 8 atom stereocenters. The second kappa shape index (κ2) is 6.02. The Hall–Kier alpha value is -0.450. The molecule has 4 nitrogen and oxygen atoms in total. The molecule has 0 spiro atoms. The number of ether oxygens (including phenoxy) is 1. The minimum atomic E-state index is -1.13. The van der Waals surface area contributed by atoms with Gasteiger partial charge < -0.3 is 15.6 Å². The summed E-state index contributed by atoms with van der Waals surface area (Å²) in [5, 5.41) is 10.4. The minimum absolute atomic E-state index is 0.0406. The highest BCUT2D eigenvalue weighted by atomic mass is 16.6.